The number of fused-ring (bicyclic) bond motifs is 5. The second kappa shape index (κ2) is 6.04. The number of carbonyl (C=O) groups excluding carboxylic acids is 2. The van der Waals surface area contributed by atoms with Gasteiger partial charge in [0.1, 0.15) is 0 Å². The molecule has 5 rings (SSSR count). The van der Waals surface area contributed by atoms with Gasteiger partial charge in [0.25, 0.3) is 0 Å². The third-order valence-corrected chi connectivity index (χ3v) is 9.65. The maximum Gasteiger partial charge on any atom is 0.243 e. The Bertz CT molecular complexity index is 799. The molecule has 27 heavy (non-hydrogen) atoms. The van der Waals surface area contributed by atoms with E-state index in [-0.39, 0.29) is 28.7 Å². The van der Waals surface area contributed by atoms with E-state index in [9.17, 15) is 9.59 Å². The van der Waals surface area contributed by atoms with E-state index < -0.39 is 0 Å². The Morgan fingerprint density at radius 2 is 2.00 bits per heavy atom. The van der Waals surface area contributed by atoms with Crippen molar-refractivity contribution in [1.82, 2.24) is 5.32 Å². The largest absolute Gasteiger partial charge is 0.349 e. The molecule has 3 saturated carbocycles. The molecule has 4 heteroatoms. The van der Waals surface area contributed by atoms with Crippen LogP contribution in [0, 0.1) is 34.5 Å². The lowest BCUT2D eigenvalue weighted by Gasteiger charge is -2.58. The first-order valence-corrected chi connectivity index (χ1v) is 11.4. The van der Waals surface area contributed by atoms with Gasteiger partial charge < -0.3 is 5.32 Å². The SMILES string of the molecule is C[C@]12C=CC(=O)N[C@@H]1CC[C@@H]1[C@@H]2CC[C@]2(C)[C@@H](C(=O)c3cccs3)CC[C@@H]12. The maximum atomic E-state index is 13.2. The molecular weight excluding hydrogens is 354 g/mol. The summed E-state index contributed by atoms with van der Waals surface area (Å²) in [6.45, 7) is 4.76. The summed E-state index contributed by atoms with van der Waals surface area (Å²) in [6, 6.07) is 4.28. The molecule has 0 unspecified atom stereocenters. The molecule has 1 N–H and O–H groups in total. The Morgan fingerprint density at radius 3 is 2.78 bits per heavy atom. The average Bonchev–Trinajstić information content (AvgIpc) is 3.29. The number of hydrogen-bond donors (Lipinski definition) is 1. The lowest BCUT2D eigenvalue weighted by atomic mass is 9.47. The quantitative estimate of drug-likeness (QED) is 0.743. The van der Waals surface area contributed by atoms with Crippen molar-refractivity contribution in [2.45, 2.75) is 58.4 Å². The molecule has 2 heterocycles. The van der Waals surface area contributed by atoms with Crippen molar-refractivity contribution < 1.29 is 9.59 Å². The van der Waals surface area contributed by atoms with Crippen LogP contribution < -0.4 is 5.32 Å². The molecule has 0 bridgehead atoms. The van der Waals surface area contributed by atoms with Crippen molar-refractivity contribution in [3.63, 3.8) is 0 Å². The molecule has 0 saturated heterocycles. The zero-order valence-electron chi connectivity index (χ0n) is 16.2. The van der Waals surface area contributed by atoms with Crippen molar-refractivity contribution >= 4 is 23.0 Å². The van der Waals surface area contributed by atoms with Crippen LogP contribution in [0.3, 0.4) is 0 Å². The zero-order chi connectivity index (χ0) is 18.8. The van der Waals surface area contributed by atoms with E-state index in [1.54, 1.807) is 17.4 Å². The van der Waals surface area contributed by atoms with Crippen LogP contribution in [0.1, 0.15) is 62.0 Å². The Kier molecular flexibility index (Phi) is 3.95. The molecule has 3 nitrogen and oxygen atoms in total. The highest BCUT2D eigenvalue weighted by Crippen LogP contribution is 2.65. The number of carbonyl (C=O) groups is 2. The number of hydrogen-bond acceptors (Lipinski definition) is 3. The summed E-state index contributed by atoms with van der Waals surface area (Å²) >= 11 is 1.59. The molecule has 1 aliphatic heterocycles. The summed E-state index contributed by atoms with van der Waals surface area (Å²) in [4.78, 5) is 26.0. The highest BCUT2D eigenvalue weighted by Gasteiger charge is 2.60. The van der Waals surface area contributed by atoms with E-state index in [1.165, 1.54) is 19.3 Å². The van der Waals surface area contributed by atoms with Gasteiger partial charge in [-0.15, -0.1) is 11.3 Å². The first-order chi connectivity index (χ1) is 12.9. The molecule has 7 atom stereocenters. The van der Waals surface area contributed by atoms with Crippen LogP contribution in [0.2, 0.25) is 0 Å². The molecule has 0 spiro atoms. The van der Waals surface area contributed by atoms with Gasteiger partial charge in [-0.2, -0.15) is 0 Å². The summed E-state index contributed by atoms with van der Waals surface area (Å²) in [7, 11) is 0. The number of nitrogens with one attached hydrogen (secondary N) is 1. The van der Waals surface area contributed by atoms with Crippen LogP contribution in [0.25, 0.3) is 0 Å². The van der Waals surface area contributed by atoms with E-state index >= 15 is 0 Å². The summed E-state index contributed by atoms with van der Waals surface area (Å²) in [6.07, 6.45) is 10.8. The fourth-order valence-corrected chi connectivity index (χ4v) is 8.07. The number of thiophene rings is 1. The molecule has 144 valence electrons. The van der Waals surface area contributed by atoms with Crippen LogP contribution in [-0.4, -0.2) is 17.7 Å². The molecular formula is C23H29NO2S. The summed E-state index contributed by atoms with van der Waals surface area (Å²) in [5.74, 6) is 2.60. The van der Waals surface area contributed by atoms with Crippen molar-refractivity contribution in [2.24, 2.45) is 34.5 Å². The summed E-state index contributed by atoms with van der Waals surface area (Å²) < 4.78 is 0. The van der Waals surface area contributed by atoms with Gasteiger partial charge in [-0.25, -0.2) is 0 Å². The van der Waals surface area contributed by atoms with E-state index in [2.05, 4.69) is 25.2 Å². The van der Waals surface area contributed by atoms with E-state index in [0.29, 0.717) is 23.5 Å². The highest BCUT2D eigenvalue weighted by atomic mass is 32.1. The smallest absolute Gasteiger partial charge is 0.243 e. The Hall–Kier alpha value is -1.42. The van der Waals surface area contributed by atoms with Gasteiger partial charge in [0.15, 0.2) is 5.78 Å². The number of rotatable bonds is 2. The minimum Gasteiger partial charge on any atom is -0.349 e. The fourth-order valence-electron chi connectivity index (χ4n) is 7.35. The highest BCUT2D eigenvalue weighted by molar-refractivity contribution is 7.12. The lowest BCUT2D eigenvalue weighted by Crippen LogP contribution is -2.59. The first kappa shape index (κ1) is 17.7. The molecule has 1 aromatic rings. The molecule has 1 aromatic heterocycles. The number of ketones is 1. The van der Waals surface area contributed by atoms with Crippen molar-refractivity contribution in [1.29, 1.82) is 0 Å². The number of Topliss-reactive ketones (excluding diaryl/α,β-unsaturated/α-hetero) is 1. The Labute approximate surface area is 165 Å². The van der Waals surface area contributed by atoms with Crippen molar-refractivity contribution in [3.05, 3.63) is 34.5 Å². The fraction of sp³-hybridized carbons (Fsp3) is 0.652. The van der Waals surface area contributed by atoms with E-state index in [1.807, 2.05) is 17.5 Å². The second-order valence-electron chi connectivity index (χ2n) is 9.73. The minimum atomic E-state index is 0.0686. The molecule has 3 fully saturated rings. The normalized spacial score (nSPS) is 45.6. The van der Waals surface area contributed by atoms with Gasteiger partial charge in [0, 0.05) is 17.4 Å². The molecule has 0 aromatic carbocycles. The zero-order valence-corrected chi connectivity index (χ0v) is 17.1. The van der Waals surface area contributed by atoms with Gasteiger partial charge in [-0.05, 0) is 79.2 Å². The van der Waals surface area contributed by atoms with Gasteiger partial charge in [-0.1, -0.05) is 26.0 Å². The standard InChI is InChI=1S/C23H29NO2S/c1-22-11-9-16-14(5-8-19-23(16,2)12-10-20(25)24-19)15(22)6-7-17(22)21(26)18-4-3-13-27-18/h3-4,10,12-17,19H,5-9,11H2,1-2H3,(H,24,25)/t14-,15-,16-,17+,19+,22-,23+/m0/s1. The average molecular weight is 384 g/mol. The van der Waals surface area contributed by atoms with E-state index in [0.717, 1.165) is 24.1 Å². The molecule has 4 aliphatic rings. The van der Waals surface area contributed by atoms with Gasteiger partial charge in [-0.3, -0.25) is 9.59 Å². The van der Waals surface area contributed by atoms with E-state index in [4.69, 9.17) is 0 Å². The van der Waals surface area contributed by atoms with Crippen LogP contribution in [0.15, 0.2) is 29.7 Å². The first-order valence-electron chi connectivity index (χ1n) is 10.5. The third kappa shape index (κ3) is 2.45. The minimum absolute atomic E-state index is 0.0686. The third-order valence-electron chi connectivity index (χ3n) is 8.77. The van der Waals surface area contributed by atoms with Crippen LogP contribution >= 0.6 is 11.3 Å². The Balaban J connectivity index is 1.44. The van der Waals surface area contributed by atoms with Crippen LogP contribution in [0.5, 0.6) is 0 Å². The Morgan fingerprint density at radius 1 is 1.15 bits per heavy atom. The second-order valence-corrected chi connectivity index (χ2v) is 10.7. The molecule has 3 aliphatic carbocycles. The molecule has 0 radical (unpaired) electrons. The predicted molar refractivity (Wildman–Crippen MR) is 108 cm³/mol. The van der Waals surface area contributed by atoms with Gasteiger partial charge in [0.05, 0.1) is 4.88 Å². The predicted octanol–water partition coefficient (Wildman–Crippen LogP) is 4.84. The van der Waals surface area contributed by atoms with Crippen molar-refractivity contribution in [2.75, 3.05) is 0 Å². The number of amides is 1. The molecule has 1 amide bonds. The monoisotopic (exact) mass is 383 g/mol. The topological polar surface area (TPSA) is 46.2 Å². The van der Waals surface area contributed by atoms with Gasteiger partial charge >= 0.3 is 0 Å². The maximum absolute atomic E-state index is 13.2. The van der Waals surface area contributed by atoms with Crippen LogP contribution in [0.4, 0.5) is 0 Å². The summed E-state index contributed by atoms with van der Waals surface area (Å²) in [5.41, 5.74) is 0.223. The summed E-state index contributed by atoms with van der Waals surface area (Å²) in [5, 5.41) is 5.25. The lowest BCUT2D eigenvalue weighted by molar-refractivity contribution is -0.122. The van der Waals surface area contributed by atoms with Crippen LogP contribution in [-0.2, 0) is 4.79 Å². The van der Waals surface area contributed by atoms with Gasteiger partial charge in [0.2, 0.25) is 5.91 Å². The van der Waals surface area contributed by atoms with Crippen molar-refractivity contribution in [3.8, 4) is 0 Å².